The highest BCUT2D eigenvalue weighted by molar-refractivity contribution is 5.99. The third-order valence-electron chi connectivity index (χ3n) is 5.05. The first-order valence-electron chi connectivity index (χ1n) is 8.85. The van der Waals surface area contributed by atoms with Gasteiger partial charge >= 0.3 is 5.69 Å². The summed E-state index contributed by atoms with van der Waals surface area (Å²) < 4.78 is 29.0. The lowest BCUT2D eigenvalue weighted by molar-refractivity contribution is 0.0663. The number of H-pyrrole nitrogens is 1. The predicted molar refractivity (Wildman–Crippen MR) is 94.3 cm³/mol. The smallest absolute Gasteiger partial charge is 0.331 e. The van der Waals surface area contributed by atoms with Gasteiger partial charge in [0.1, 0.15) is 11.6 Å². The molecule has 1 fully saturated rings. The molecule has 140 valence electrons. The van der Waals surface area contributed by atoms with E-state index in [4.69, 9.17) is 0 Å². The van der Waals surface area contributed by atoms with E-state index in [0.29, 0.717) is 0 Å². The standard InChI is InChI=1S/C19H18F2N4O2/c20-13-7-8-16(21)12(10-13)11-25(14-4-1-2-5-14)18(26)15-6-3-9-24-17(15)22-23-19(24)27/h3,6-10,14H,1-2,4-5,11H2,(H,23,27). The number of fused-ring (bicyclic) bond motifs is 1. The number of rotatable bonds is 4. The summed E-state index contributed by atoms with van der Waals surface area (Å²) in [6.45, 7) is -0.0389. The summed E-state index contributed by atoms with van der Waals surface area (Å²) >= 11 is 0. The zero-order valence-corrected chi connectivity index (χ0v) is 14.5. The molecule has 0 radical (unpaired) electrons. The molecule has 0 atom stereocenters. The summed E-state index contributed by atoms with van der Waals surface area (Å²) in [4.78, 5) is 26.6. The van der Waals surface area contributed by atoms with Gasteiger partial charge in [0.05, 0.1) is 5.56 Å². The van der Waals surface area contributed by atoms with Crippen LogP contribution in [0.4, 0.5) is 8.78 Å². The van der Waals surface area contributed by atoms with E-state index in [1.165, 1.54) is 10.6 Å². The quantitative estimate of drug-likeness (QED) is 0.766. The van der Waals surface area contributed by atoms with Crippen LogP contribution in [0.2, 0.25) is 0 Å². The van der Waals surface area contributed by atoms with Crippen LogP contribution in [-0.4, -0.2) is 31.4 Å². The molecule has 2 aromatic heterocycles. The van der Waals surface area contributed by atoms with Gasteiger partial charge in [-0.15, -0.1) is 0 Å². The third kappa shape index (κ3) is 3.22. The van der Waals surface area contributed by atoms with Crippen LogP contribution >= 0.6 is 0 Å². The van der Waals surface area contributed by atoms with Gasteiger partial charge in [0.2, 0.25) is 0 Å². The van der Waals surface area contributed by atoms with Crippen molar-refractivity contribution in [1.82, 2.24) is 19.5 Å². The van der Waals surface area contributed by atoms with Crippen LogP contribution < -0.4 is 5.69 Å². The number of amides is 1. The average Bonchev–Trinajstić information content (AvgIpc) is 3.32. The molecule has 2 heterocycles. The summed E-state index contributed by atoms with van der Waals surface area (Å²) in [6.07, 6.45) is 5.08. The molecule has 4 rings (SSSR count). The maximum Gasteiger partial charge on any atom is 0.347 e. The molecule has 0 bridgehead atoms. The van der Waals surface area contributed by atoms with Crippen molar-refractivity contribution in [2.24, 2.45) is 0 Å². The molecule has 1 amide bonds. The number of aromatic amines is 1. The highest BCUT2D eigenvalue weighted by Gasteiger charge is 2.30. The number of benzene rings is 1. The molecule has 1 aromatic carbocycles. The molecular formula is C19H18F2N4O2. The maximum absolute atomic E-state index is 14.2. The summed E-state index contributed by atoms with van der Waals surface area (Å²) in [5, 5.41) is 6.25. The zero-order chi connectivity index (χ0) is 19.0. The molecule has 6 nitrogen and oxygen atoms in total. The van der Waals surface area contributed by atoms with Gasteiger partial charge in [0.25, 0.3) is 5.91 Å². The second kappa shape index (κ2) is 6.94. The van der Waals surface area contributed by atoms with Crippen molar-refractivity contribution < 1.29 is 13.6 Å². The molecule has 8 heteroatoms. The minimum atomic E-state index is -0.554. The number of hydrogen-bond donors (Lipinski definition) is 1. The summed E-state index contributed by atoms with van der Waals surface area (Å²) in [5.74, 6) is -1.46. The predicted octanol–water partition coefficient (Wildman–Crippen LogP) is 2.89. The van der Waals surface area contributed by atoms with Crippen LogP contribution in [0, 0.1) is 11.6 Å². The zero-order valence-electron chi connectivity index (χ0n) is 14.5. The minimum absolute atomic E-state index is 0.0389. The van der Waals surface area contributed by atoms with Crippen LogP contribution in [0.1, 0.15) is 41.6 Å². The number of carbonyl (C=O) groups is 1. The van der Waals surface area contributed by atoms with E-state index in [1.807, 2.05) is 0 Å². The average molecular weight is 372 g/mol. The van der Waals surface area contributed by atoms with E-state index in [0.717, 1.165) is 43.9 Å². The number of aromatic nitrogens is 3. The molecule has 0 spiro atoms. The van der Waals surface area contributed by atoms with Gasteiger partial charge in [-0.3, -0.25) is 4.79 Å². The van der Waals surface area contributed by atoms with Crippen LogP contribution in [0.3, 0.4) is 0 Å². The van der Waals surface area contributed by atoms with E-state index >= 15 is 0 Å². The molecule has 1 aliphatic rings. The van der Waals surface area contributed by atoms with Gasteiger partial charge in [-0.2, -0.15) is 5.10 Å². The Morgan fingerprint density at radius 3 is 2.81 bits per heavy atom. The number of pyridine rings is 1. The van der Waals surface area contributed by atoms with Crippen molar-refractivity contribution >= 4 is 11.6 Å². The molecule has 0 saturated heterocycles. The van der Waals surface area contributed by atoms with Gasteiger partial charge in [0, 0.05) is 24.3 Å². The molecule has 1 aliphatic carbocycles. The van der Waals surface area contributed by atoms with Crippen molar-refractivity contribution in [2.45, 2.75) is 38.3 Å². The fraction of sp³-hybridized carbons (Fsp3) is 0.316. The van der Waals surface area contributed by atoms with E-state index in [1.54, 1.807) is 17.0 Å². The monoisotopic (exact) mass is 372 g/mol. The van der Waals surface area contributed by atoms with E-state index in [-0.39, 0.29) is 35.3 Å². The number of nitrogens with zero attached hydrogens (tertiary/aromatic N) is 3. The van der Waals surface area contributed by atoms with Crippen LogP contribution in [-0.2, 0) is 6.54 Å². The molecule has 1 saturated carbocycles. The topological polar surface area (TPSA) is 70.5 Å². The van der Waals surface area contributed by atoms with Crippen molar-refractivity contribution in [3.63, 3.8) is 0 Å². The van der Waals surface area contributed by atoms with E-state index in [2.05, 4.69) is 10.2 Å². The van der Waals surface area contributed by atoms with E-state index in [9.17, 15) is 18.4 Å². The lowest BCUT2D eigenvalue weighted by Crippen LogP contribution is -2.39. The minimum Gasteiger partial charge on any atom is -0.331 e. The Bertz CT molecular complexity index is 1050. The first kappa shape index (κ1) is 17.4. The number of hydrogen-bond acceptors (Lipinski definition) is 3. The number of carbonyl (C=O) groups excluding carboxylic acids is 1. The summed E-state index contributed by atoms with van der Waals surface area (Å²) in [6, 6.07) is 6.35. The Kier molecular flexibility index (Phi) is 4.47. The molecule has 3 aromatic rings. The Balaban J connectivity index is 1.75. The first-order valence-corrected chi connectivity index (χ1v) is 8.85. The van der Waals surface area contributed by atoms with Crippen molar-refractivity contribution in [1.29, 1.82) is 0 Å². The Labute approximate surface area is 153 Å². The largest absolute Gasteiger partial charge is 0.347 e. The summed E-state index contributed by atoms with van der Waals surface area (Å²) in [7, 11) is 0. The van der Waals surface area contributed by atoms with Gasteiger partial charge in [-0.05, 0) is 43.2 Å². The van der Waals surface area contributed by atoms with Crippen LogP contribution in [0.5, 0.6) is 0 Å². The van der Waals surface area contributed by atoms with Gasteiger partial charge in [-0.1, -0.05) is 12.8 Å². The highest BCUT2D eigenvalue weighted by atomic mass is 19.1. The Morgan fingerprint density at radius 1 is 1.26 bits per heavy atom. The molecule has 27 heavy (non-hydrogen) atoms. The normalized spacial score (nSPS) is 14.7. The first-order chi connectivity index (χ1) is 13.0. The van der Waals surface area contributed by atoms with Crippen LogP contribution in [0.15, 0.2) is 41.3 Å². The molecular weight excluding hydrogens is 354 g/mol. The fourth-order valence-corrected chi connectivity index (χ4v) is 3.69. The van der Waals surface area contributed by atoms with Gasteiger partial charge in [0.15, 0.2) is 5.65 Å². The van der Waals surface area contributed by atoms with Crippen molar-refractivity contribution in [3.8, 4) is 0 Å². The Hall–Kier alpha value is -3.03. The molecule has 0 unspecified atom stereocenters. The van der Waals surface area contributed by atoms with Crippen molar-refractivity contribution in [3.05, 3.63) is 69.8 Å². The second-order valence-electron chi connectivity index (χ2n) is 6.75. The van der Waals surface area contributed by atoms with Crippen molar-refractivity contribution in [2.75, 3.05) is 0 Å². The highest BCUT2D eigenvalue weighted by Crippen LogP contribution is 2.28. The number of halogens is 2. The Morgan fingerprint density at radius 2 is 2.04 bits per heavy atom. The summed E-state index contributed by atoms with van der Waals surface area (Å²) in [5.41, 5.74) is 0.152. The number of nitrogens with one attached hydrogen (secondary N) is 1. The molecule has 1 N–H and O–H groups in total. The second-order valence-corrected chi connectivity index (χ2v) is 6.75. The lowest BCUT2D eigenvalue weighted by atomic mass is 10.1. The lowest BCUT2D eigenvalue weighted by Gasteiger charge is -2.29. The molecule has 0 aliphatic heterocycles. The van der Waals surface area contributed by atoms with Gasteiger partial charge in [-0.25, -0.2) is 23.1 Å². The SMILES string of the molecule is O=C(c1cccn2c(=O)[nH]nc12)N(Cc1cc(F)ccc1F)C1CCCC1. The van der Waals surface area contributed by atoms with Gasteiger partial charge < -0.3 is 4.90 Å². The van der Waals surface area contributed by atoms with Crippen LogP contribution in [0.25, 0.3) is 5.65 Å². The third-order valence-corrected chi connectivity index (χ3v) is 5.05. The maximum atomic E-state index is 14.2. The fourth-order valence-electron chi connectivity index (χ4n) is 3.69. The van der Waals surface area contributed by atoms with E-state index < -0.39 is 17.3 Å².